The molecule has 0 radical (unpaired) electrons. The molecule has 1 aromatic rings. The van der Waals surface area contributed by atoms with E-state index in [1.165, 1.54) is 25.7 Å². The standard InChI is InChI=1S/C15H27N3O/c1-2-4-14-5-7-15(13-16,8-6-14)19-12-11-18-10-3-9-17-18/h3,9-10,14H,2,4-8,11-13,16H2,1H3. The highest BCUT2D eigenvalue weighted by atomic mass is 16.5. The van der Waals surface area contributed by atoms with Crippen LogP contribution in [-0.2, 0) is 11.3 Å². The van der Waals surface area contributed by atoms with Crippen LogP contribution in [-0.4, -0.2) is 28.5 Å². The summed E-state index contributed by atoms with van der Waals surface area (Å²) in [5.74, 6) is 0.888. The second-order valence-electron chi connectivity index (χ2n) is 5.74. The Balaban J connectivity index is 1.76. The number of ether oxygens (including phenoxy) is 1. The molecule has 4 heteroatoms. The second-order valence-corrected chi connectivity index (χ2v) is 5.74. The Labute approximate surface area is 116 Å². The van der Waals surface area contributed by atoms with Gasteiger partial charge >= 0.3 is 0 Å². The predicted molar refractivity (Wildman–Crippen MR) is 76.8 cm³/mol. The van der Waals surface area contributed by atoms with Gasteiger partial charge in [-0.1, -0.05) is 19.8 Å². The lowest BCUT2D eigenvalue weighted by Gasteiger charge is -2.39. The number of nitrogens with zero attached hydrogens (tertiary/aromatic N) is 2. The molecular formula is C15H27N3O. The van der Waals surface area contributed by atoms with Crippen LogP contribution in [0.3, 0.4) is 0 Å². The van der Waals surface area contributed by atoms with Crippen molar-refractivity contribution in [1.82, 2.24) is 9.78 Å². The molecule has 0 amide bonds. The van der Waals surface area contributed by atoms with Crippen LogP contribution in [0.2, 0.25) is 0 Å². The van der Waals surface area contributed by atoms with Gasteiger partial charge in [-0.2, -0.15) is 5.10 Å². The van der Waals surface area contributed by atoms with Gasteiger partial charge in [0, 0.05) is 18.9 Å². The molecule has 4 nitrogen and oxygen atoms in total. The first kappa shape index (κ1) is 14.5. The smallest absolute Gasteiger partial charge is 0.0805 e. The highest BCUT2D eigenvalue weighted by Gasteiger charge is 2.34. The van der Waals surface area contributed by atoms with Crippen LogP contribution >= 0.6 is 0 Å². The molecule has 1 saturated carbocycles. The van der Waals surface area contributed by atoms with E-state index in [4.69, 9.17) is 10.5 Å². The minimum Gasteiger partial charge on any atom is -0.372 e. The highest BCUT2D eigenvalue weighted by Crippen LogP contribution is 2.36. The molecule has 0 aliphatic heterocycles. The molecule has 1 aromatic heterocycles. The van der Waals surface area contributed by atoms with Gasteiger partial charge in [-0.25, -0.2) is 0 Å². The zero-order chi connectivity index (χ0) is 13.6. The molecule has 2 N–H and O–H groups in total. The third-order valence-electron chi connectivity index (χ3n) is 4.37. The summed E-state index contributed by atoms with van der Waals surface area (Å²) in [5, 5.41) is 4.19. The van der Waals surface area contributed by atoms with Crippen LogP contribution in [0.5, 0.6) is 0 Å². The van der Waals surface area contributed by atoms with Crippen molar-refractivity contribution < 1.29 is 4.74 Å². The van der Waals surface area contributed by atoms with Crippen LogP contribution in [0.1, 0.15) is 45.4 Å². The second kappa shape index (κ2) is 7.06. The summed E-state index contributed by atoms with van der Waals surface area (Å²) >= 11 is 0. The summed E-state index contributed by atoms with van der Waals surface area (Å²) < 4.78 is 8.04. The molecule has 108 valence electrons. The SMILES string of the molecule is CCCC1CCC(CN)(OCCn2cccn2)CC1. The number of hydrogen-bond acceptors (Lipinski definition) is 3. The minimum atomic E-state index is -0.0720. The van der Waals surface area contributed by atoms with E-state index in [1.807, 2.05) is 16.9 Å². The Morgan fingerprint density at radius 2 is 2.21 bits per heavy atom. The fourth-order valence-electron chi connectivity index (χ4n) is 3.10. The highest BCUT2D eigenvalue weighted by molar-refractivity contribution is 4.88. The summed E-state index contributed by atoms with van der Waals surface area (Å²) in [6.45, 7) is 4.43. The van der Waals surface area contributed by atoms with Gasteiger partial charge in [-0.3, -0.25) is 4.68 Å². The van der Waals surface area contributed by atoms with Gasteiger partial charge in [0.15, 0.2) is 0 Å². The van der Waals surface area contributed by atoms with E-state index >= 15 is 0 Å². The van der Waals surface area contributed by atoms with Crippen molar-refractivity contribution in [2.24, 2.45) is 11.7 Å². The van der Waals surface area contributed by atoms with Crippen molar-refractivity contribution in [1.29, 1.82) is 0 Å². The van der Waals surface area contributed by atoms with Gasteiger partial charge in [-0.15, -0.1) is 0 Å². The molecule has 0 bridgehead atoms. The van der Waals surface area contributed by atoms with Crippen LogP contribution in [0.15, 0.2) is 18.5 Å². The fourth-order valence-corrected chi connectivity index (χ4v) is 3.10. The zero-order valence-corrected chi connectivity index (χ0v) is 12.1. The summed E-state index contributed by atoms with van der Waals surface area (Å²) in [5.41, 5.74) is 5.90. The number of nitrogens with two attached hydrogens (primary N) is 1. The molecule has 1 heterocycles. The molecular weight excluding hydrogens is 238 g/mol. The fraction of sp³-hybridized carbons (Fsp3) is 0.800. The molecule has 1 aliphatic carbocycles. The van der Waals surface area contributed by atoms with Gasteiger partial charge in [0.05, 0.1) is 18.8 Å². The van der Waals surface area contributed by atoms with Gasteiger partial charge in [-0.05, 0) is 37.7 Å². The van der Waals surface area contributed by atoms with Gasteiger partial charge in [0.25, 0.3) is 0 Å². The Morgan fingerprint density at radius 3 is 2.79 bits per heavy atom. The summed E-state index contributed by atoms with van der Waals surface area (Å²) in [6, 6.07) is 1.94. The van der Waals surface area contributed by atoms with Crippen molar-refractivity contribution in [3.8, 4) is 0 Å². The molecule has 0 unspecified atom stereocenters. The van der Waals surface area contributed by atoms with E-state index in [1.54, 1.807) is 6.20 Å². The number of aromatic nitrogens is 2. The Bertz CT molecular complexity index is 342. The minimum absolute atomic E-state index is 0.0720. The zero-order valence-electron chi connectivity index (χ0n) is 12.1. The maximum absolute atomic E-state index is 6.13. The predicted octanol–water partition coefficient (Wildman–Crippen LogP) is 2.59. The van der Waals surface area contributed by atoms with Crippen molar-refractivity contribution in [3.63, 3.8) is 0 Å². The third kappa shape index (κ3) is 4.05. The molecule has 0 spiro atoms. The van der Waals surface area contributed by atoms with Crippen molar-refractivity contribution >= 4 is 0 Å². The first-order valence-electron chi connectivity index (χ1n) is 7.59. The van der Waals surface area contributed by atoms with E-state index in [-0.39, 0.29) is 5.60 Å². The first-order chi connectivity index (χ1) is 9.28. The number of rotatable bonds is 7. The summed E-state index contributed by atoms with van der Waals surface area (Å²) in [4.78, 5) is 0. The van der Waals surface area contributed by atoms with Gasteiger partial charge < -0.3 is 10.5 Å². The Morgan fingerprint density at radius 1 is 1.42 bits per heavy atom. The van der Waals surface area contributed by atoms with Crippen LogP contribution in [0.25, 0.3) is 0 Å². The largest absolute Gasteiger partial charge is 0.372 e. The number of hydrogen-bond donors (Lipinski definition) is 1. The molecule has 2 rings (SSSR count). The average Bonchev–Trinajstić information content (AvgIpc) is 2.95. The summed E-state index contributed by atoms with van der Waals surface area (Å²) in [7, 11) is 0. The van der Waals surface area contributed by atoms with Gasteiger partial charge in [0.2, 0.25) is 0 Å². The molecule has 0 aromatic carbocycles. The quantitative estimate of drug-likeness (QED) is 0.824. The normalized spacial score (nSPS) is 27.6. The molecule has 0 saturated heterocycles. The molecule has 0 atom stereocenters. The van der Waals surface area contributed by atoms with Crippen molar-refractivity contribution in [2.45, 2.75) is 57.6 Å². The lowest BCUT2D eigenvalue weighted by molar-refractivity contribution is -0.0749. The van der Waals surface area contributed by atoms with Crippen LogP contribution < -0.4 is 5.73 Å². The maximum atomic E-state index is 6.13. The average molecular weight is 265 g/mol. The monoisotopic (exact) mass is 265 g/mol. The maximum Gasteiger partial charge on any atom is 0.0805 e. The van der Waals surface area contributed by atoms with E-state index in [2.05, 4.69) is 12.0 Å². The topological polar surface area (TPSA) is 53.1 Å². The lowest BCUT2D eigenvalue weighted by Crippen LogP contribution is -2.44. The van der Waals surface area contributed by atoms with Crippen molar-refractivity contribution in [2.75, 3.05) is 13.2 Å². The van der Waals surface area contributed by atoms with E-state index in [0.717, 1.165) is 25.3 Å². The Hall–Kier alpha value is -0.870. The van der Waals surface area contributed by atoms with E-state index in [9.17, 15) is 0 Å². The van der Waals surface area contributed by atoms with E-state index in [0.29, 0.717) is 13.2 Å². The van der Waals surface area contributed by atoms with Crippen molar-refractivity contribution in [3.05, 3.63) is 18.5 Å². The Kier molecular flexibility index (Phi) is 5.40. The lowest BCUT2D eigenvalue weighted by atomic mass is 9.77. The molecule has 1 fully saturated rings. The summed E-state index contributed by atoms with van der Waals surface area (Å²) in [6.07, 6.45) is 11.2. The van der Waals surface area contributed by atoms with Crippen LogP contribution in [0, 0.1) is 5.92 Å². The molecule has 19 heavy (non-hydrogen) atoms. The third-order valence-corrected chi connectivity index (χ3v) is 4.37. The van der Waals surface area contributed by atoms with Gasteiger partial charge in [0.1, 0.15) is 0 Å². The molecule has 1 aliphatic rings. The van der Waals surface area contributed by atoms with E-state index < -0.39 is 0 Å². The first-order valence-corrected chi connectivity index (χ1v) is 7.59. The van der Waals surface area contributed by atoms with Crippen LogP contribution in [0.4, 0.5) is 0 Å².